The Labute approximate surface area is 139 Å². The molecular weight excluding hydrogens is 316 g/mol. The second-order valence-electron chi connectivity index (χ2n) is 4.40. The Hall–Kier alpha value is -2.32. The number of thiazole rings is 1. The average molecular weight is 336 g/mol. The first kappa shape index (κ1) is 17.0. The van der Waals surface area contributed by atoms with Gasteiger partial charge in [-0.1, -0.05) is 0 Å². The molecule has 2 aromatic rings. The highest BCUT2D eigenvalue weighted by Crippen LogP contribution is 2.27. The number of hydrogen-bond acceptors (Lipinski definition) is 8. The summed E-state index contributed by atoms with van der Waals surface area (Å²) in [5.41, 5.74) is 9.24. The number of nitrogens with two attached hydrogens (primary N) is 1. The van der Waals surface area contributed by atoms with Crippen LogP contribution in [0.2, 0.25) is 0 Å². The number of aromatic nitrogens is 1. The SMILES string of the molecule is CCOCCOc1cc(C=NNc2nc(N)cs2)ccc1OC. The highest BCUT2D eigenvalue weighted by molar-refractivity contribution is 7.14. The molecular formula is C15H20N4O3S. The summed E-state index contributed by atoms with van der Waals surface area (Å²) in [7, 11) is 1.60. The summed E-state index contributed by atoms with van der Waals surface area (Å²) in [5, 5.41) is 6.51. The summed E-state index contributed by atoms with van der Waals surface area (Å²) < 4.78 is 16.2. The number of methoxy groups -OCH3 is 1. The van der Waals surface area contributed by atoms with Crippen molar-refractivity contribution in [3.8, 4) is 11.5 Å². The third-order valence-electron chi connectivity index (χ3n) is 2.77. The van der Waals surface area contributed by atoms with E-state index in [-0.39, 0.29) is 0 Å². The van der Waals surface area contributed by atoms with Gasteiger partial charge in [-0.3, -0.25) is 5.43 Å². The molecule has 0 aliphatic carbocycles. The lowest BCUT2D eigenvalue weighted by Crippen LogP contribution is -2.07. The first-order valence-corrected chi connectivity index (χ1v) is 7.99. The number of benzene rings is 1. The van der Waals surface area contributed by atoms with Crippen molar-refractivity contribution in [2.45, 2.75) is 6.92 Å². The normalized spacial score (nSPS) is 10.9. The summed E-state index contributed by atoms with van der Waals surface area (Å²) >= 11 is 1.39. The van der Waals surface area contributed by atoms with Gasteiger partial charge in [0.2, 0.25) is 5.13 Å². The zero-order chi connectivity index (χ0) is 16.5. The van der Waals surface area contributed by atoms with Gasteiger partial charge in [-0.25, -0.2) is 4.98 Å². The van der Waals surface area contributed by atoms with E-state index < -0.39 is 0 Å². The molecule has 3 N–H and O–H groups in total. The molecule has 0 aliphatic heterocycles. The molecule has 0 bridgehead atoms. The Morgan fingerprint density at radius 2 is 2.22 bits per heavy atom. The molecule has 8 heteroatoms. The van der Waals surface area contributed by atoms with Crippen LogP contribution >= 0.6 is 11.3 Å². The molecule has 0 fully saturated rings. The van der Waals surface area contributed by atoms with Gasteiger partial charge in [0.05, 0.1) is 19.9 Å². The van der Waals surface area contributed by atoms with Crippen LogP contribution in [-0.2, 0) is 4.74 Å². The van der Waals surface area contributed by atoms with Crippen LogP contribution in [0.1, 0.15) is 12.5 Å². The fourth-order valence-corrected chi connectivity index (χ4v) is 2.29. The number of anilines is 2. The summed E-state index contributed by atoms with van der Waals surface area (Å²) in [4.78, 5) is 4.06. The Morgan fingerprint density at radius 1 is 1.35 bits per heavy atom. The molecule has 0 unspecified atom stereocenters. The van der Waals surface area contributed by atoms with Crippen LogP contribution in [0, 0.1) is 0 Å². The van der Waals surface area contributed by atoms with Gasteiger partial charge in [-0.2, -0.15) is 5.10 Å². The molecule has 23 heavy (non-hydrogen) atoms. The van der Waals surface area contributed by atoms with Gasteiger partial charge in [0.15, 0.2) is 11.5 Å². The van der Waals surface area contributed by atoms with Gasteiger partial charge in [0.1, 0.15) is 12.4 Å². The summed E-state index contributed by atoms with van der Waals surface area (Å²) in [6, 6.07) is 5.57. The van der Waals surface area contributed by atoms with E-state index in [1.54, 1.807) is 18.7 Å². The second-order valence-corrected chi connectivity index (χ2v) is 5.26. The third-order valence-corrected chi connectivity index (χ3v) is 3.54. The summed E-state index contributed by atoms with van der Waals surface area (Å²) in [5.74, 6) is 1.79. The minimum absolute atomic E-state index is 0.460. The summed E-state index contributed by atoms with van der Waals surface area (Å²) in [6.07, 6.45) is 1.67. The van der Waals surface area contributed by atoms with Gasteiger partial charge in [-0.15, -0.1) is 11.3 Å². The van der Waals surface area contributed by atoms with Crippen molar-refractivity contribution in [3.05, 3.63) is 29.1 Å². The summed E-state index contributed by atoms with van der Waals surface area (Å²) in [6.45, 7) is 3.60. The van der Waals surface area contributed by atoms with Gasteiger partial charge >= 0.3 is 0 Å². The monoisotopic (exact) mass is 336 g/mol. The van der Waals surface area contributed by atoms with Crippen molar-refractivity contribution in [2.24, 2.45) is 5.10 Å². The average Bonchev–Trinajstić information content (AvgIpc) is 2.97. The zero-order valence-corrected chi connectivity index (χ0v) is 13.9. The van der Waals surface area contributed by atoms with E-state index in [0.717, 1.165) is 5.56 Å². The molecule has 0 spiro atoms. The largest absolute Gasteiger partial charge is 0.493 e. The van der Waals surface area contributed by atoms with Crippen molar-refractivity contribution < 1.29 is 14.2 Å². The molecule has 0 saturated carbocycles. The van der Waals surface area contributed by atoms with Crippen molar-refractivity contribution in [2.75, 3.05) is 38.1 Å². The molecule has 0 radical (unpaired) electrons. The highest BCUT2D eigenvalue weighted by atomic mass is 32.1. The molecule has 7 nitrogen and oxygen atoms in total. The molecule has 1 aromatic heterocycles. The van der Waals surface area contributed by atoms with E-state index >= 15 is 0 Å². The number of nitrogens with zero attached hydrogens (tertiary/aromatic N) is 2. The lowest BCUT2D eigenvalue weighted by Gasteiger charge is -2.11. The molecule has 1 heterocycles. The zero-order valence-electron chi connectivity index (χ0n) is 13.1. The first-order chi connectivity index (χ1) is 11.2. The maximum atomic E-state index is 5.68. The number of hydrazone groups is 1. The van der Waals surface area contributed by atoms with Crippen molar-refractivity contribution in [1.29, 1.82) is 0 Å². The Kier molecular flexibility index (Phi) is 6.64. The number of rotatable bonds is 9. The number of hydrogen-bond donors (Lipinski definition) is 2. The van der Waals surface area contributed by atoms with Crippen LogP contribution in [0.25, 0.3) is 0 Å². The first-order valence-electron chi connectivity index (χ1n) is 7.11. The molecule has 0 aliphatic rings. The van der Waals surface area contributed by atoms with Gasteiger partial charge in [0, 0.05) is 12.0 Å². The Balaban J connectivity index is 1.98. The van der Waals surface area contributed by atoms with Crippen LogP contribution in [0.3, 0.4) is 0 Å². The van der Waals surface area contributed by atoms with E-state index in [2.05, 4.69) is 15.5 Å². The van der Waals surface area contributed by atoms with E-state index in [4.69, 9.17) is 19.9 Å². The maximum absolute atomic E-state index is 5.68. The van der Waals surface area contributed by atoms with Gasteiger partial charge < -0.3 is 19.9 Å². The van der Waals surface area contributed by atoms with Gasteiger partial charge in [-0.05, 0) is 30.7 Å². The second kappa shape index (κ2) is 8.96. The minimum Gasteiger partial charge on any atom is -0.493 e. The number of nitrogen functional groups attached to an aromatic ring is 1. The van der Waals surface area contributed by atoms with Crippen molar-refractivity contribution in [3.63, 3.8) is 0 Å². The number of ether oxygens (including phenoxy) is 3. The van der Waals surface area contributed by atoms with Gasteiger partial charge in [0.25, 0.3) is 0 Å². The van der Waals surface area contributed by atoms with E-state index in [1.807, 2.05) is 25.1 Å². The lowest BCUT2D eigenvalue weighted by molar-refractivity contribution is 0.109. The molecule has 0 atom stereocenters. The molecule has 0 amide bonds. The highest BCUT2D eigenvalue weighted by Gasteiger charge is 2.05. The topological polar surface area (TPSA) is 91.0 Å². The Morgan fingerprint density at radius 3 is 2.91 bits per heavy atom. The van der Waals surface area contributed by atoms with E-state index in [0.29, 0.717) is 42.3 Å². The van der Waals surface area contributed by atoms with Crippen LogP contribution in [0.4, 0.5) is 10.9 Å². The van der Waals surface area contributed by atoms with E-state index in [9.17, 15) is 0 Å². The van der Waals surface area contributed by atoms with Crippen LogP contribution in [-0.4, -0.2) is 38.1 Å². The number of nitrogens with one attached hydrogen (secondary N) is 1. The standard InChI is InChI=1S/C15H20N4O3S/c1-3-21-6-7-22-13-8-11(4-5-12(13)20-2)9-17-19-15-18-14(16)10-23-15/h4-5,8-10H,3,6-7,16H2,1-2H3,(H,18,19). The molecule has 1 aromatic carbocycles. The third kappa shape index (κ3) is 5.42. The molecule has 124 valence electrons. The predicted molar refractivity (Wildman–Crippen MR) is 92.7 cm³/mol. The lowest BCUT2D eigenvalue weighted by atomic mass is 10.2. The minimum atomic E-state index is 0.460. The fourth-order valence-electron chi connectivity index (χ4n) is 1.74. The van der Waals surface area contributed by atoms with Crippen LogP contribution in [0.5, 0.6) is 11.5 Å². The quantitative estimate of drug-likeness (QED) is 0.415. The maximum Gasteiger partial charge on any atom is 0.205 e. The van der Waals surface area contributed by atoms with Crippen molar-refractivity contribution in [1.82, 2.24) is 4.98 Å². The molecule has 0 saturated heterocycles. The van der Waals surface area contributed by atoms with Crippen LogP contribution in [0.15, 0.2) is 28.7 Å². The smallest absolute Gasteiger partial charge is 0.205 e. The Bertz CT molecular complexity index is 645. The molecule has 2 rings (SSSR count). The van der Waals surface area contributed by atoms with Crippen LogP contribution < -0.4 is 20.6 Å². The fraction of sp³-hybridized carbons (Fsp3) is 0.333. The van der Waals surface area contributed by atoms with E-state index in [1.165, 1.54) is 11.3 Å². The predicted octanol–water partition coefficient (Wildman–Crippen LogP) is 2.60. The van der Waals surface area contributed by atoms with Crippen molar-refractivity contribution >= 4 is 28.5 Å².